The topological polar surface area (TPSA) is 100 Å². The van der Waals surface area contributed by atoms with Crippen LogP contribution in [0, 0.1) is 0 Å². The second kappa shape index (κ2) is 8.50. The van der Waals surface area contributed by atoms with Crippen molar-refractivity contribution in [2.24, 2.45) is 5.73 Å². The first kappa shape index (κ1) is 20.5. The lowest BCUT2D eigenvalue weighted by Gasteiger charge is -2.27. The molecule has 0 unspecified atom stereocenters. The average molecular weight is 376 g/mol. The zero-order valence-corrected chi connectivity index (χ0v) is 14.9. The van der Waals surface area contributed by atoms with Gasteiger partial charge in [0.2, 0.25) is 11.8 Å². The van der Waals surface area contributed by atoms with Crippen LogP contribution in [0.15, 0.2) is 18.3 Å². The largest absolute Gasteiger partial charge is 0.353 e. The third-order valence-electron chi connectivity index (χ3n) is 4.32. The van der Waals surface area contributed by atoms with Crippen molar-refractivity contribution in [3.8, 4) is 0 Å². The fraction of sp³-hybridized carbons (Fsp3) is 0.533. The molecule has 0 bridgehead atoms. The van der Waals surface area contributed by atoms with Crippen molar-refractivity contribution in [2.45, 2.75) is 31.2 Å². The molecule has 24 heavy (non-hydrogen) atoms. The van der Waals surface area contributed by atoms with Crippen LogP contribution in [0.2, 0.25) is 0 Å². The number of anilines is 2. The van der Waals surface area contributed by atoms with E-state index in [1.165, 1.54) is 0 Å². The number of nitrogens with zero attached hydrogens (tertiary/aromatic N) is 2. The van der Waals surface area contributed by atoms with Crippen LogP contribution in [0.4, 0.5) is 11.5 Å². The van der Waals surface area contributed by atoms with Crippen LogP contribution in [0.3, 0.4) is 0 Å². The fourth-order valence-electron chi connectivity index (χ4n) is 2.97. The third kappa shape index (κ3) is 4.49. The summed E-state index contributed by atoms with van der Waals surface area (Å²) in [6.07, 6.45) is 5.06. The first-order valence-corrected chi connectivity index (χ1v) is 7.65. The molecule has 1 aromatic heterocycles. The molecule has 2 fully saturated rings. The molecule has 0 radical (unpaired) electrons. The molecule has 7 nitrogen and oxygen atoms in total. The SMILES string of the molecule is Cl.Cl.NC1(C(=O)Nc2ccc(N3CCNC(=O)C3)nc2)CCCC1. The average Bonchev–Trinajstić information content (AvgIpc) is 2.96. The number of carbonyl (C=O) groups excluding carboxylic acids is 2. The summed E-state index contributed by atoms with van der Waals surface area (Å²) in [5, 5.41) is 5.61. The van der Waals surface area contributed by atoms with Crippen LogP contribution in [0.1, 0.15) is 25.7 Å². The minimum atomic E-state index is -0.746. The smallest absolute Gasteiger partial charge is 0.244 e. The molecule has 1 aliphatic heterocycles. The fourth-order valence-corrected chi connectivity index (χ4v) is 2.97. The van der Waals surface area contributed by atoms with Gasteiger partial charge in [-0.1, -0.05) is 12.8 Å². The van der Waals surface area contributed by atoms with E-state index in [4.69, 9.17) is 5.73 Å². The summed E-state index contributed by atoms with van der Waals surface area (Å²) in [6.45, 7) is 1.66. The molecule has 3 rings (SSSR count). The van der Waals surface area contributed by atoms with E-state index in [2.05, 4.69) is 15.6 Å². The number of carbonyl (C=O) groups is 2. The molecule has 0 spiro atoms. The number of hydrogen-bond donors (Lipinski definition) is 3. The predicted molar refractivity (Wildman–Crippen MR) is 98.0 cm³/mol. The Balaban J connectivity index is 0.00000144. The normalized spacial score (nSPS) is 18.9. The van der Waals surface area contributed by atoms with E-state index in [-0.39, 0.29) is 36.6 Å². The highest BCUT2D eigenvalue weighted by Gasteiger charge is 2.37. The summed E-state index contributed by atoms with van der Waals surface area (Å²) in [7, 11) is 0. The number of amides is 2. The number of nitrogens with two attached hydrogens (primary N) is 1. The number of aromatic nitrogens is 1. The van der Waals surface area contributed by atoms with Crippen molar-refractivity contribution in [3.05, 3.63) is 18.3 Å². The van der Waals surface area contributed by atoms with E-state index in [1.54, 1.807) is 12.3 Å². The molecular formula is C15H23Cl2N5O2. The Morgan fingerprint density at radius 2 is 2.00 bits per heavy atom. The van der Waals surface area contributed by atoms with Gasteiger partial charge in [-0.25, -0.2) is 4.98 Å². The standard InChI is InChI=1S/C15H21N5O2.2ClH/c16-15(5-1-2-6-15)14(22)19-11-3-4-12(18-9-11)20-8-7-17-13(21)10-20;;/h3-4,9H,1-2,5-8,10,16H2,(H,17,21)(H,19,22);2*1H. The van der Waals surface area contributed by atoms with Crippen LogP contribution in [0.25, 0.3) is 0 Å². The van der Waals surface area contributed by atoms with Crippen molar-refractivity contribution in [3.63, 3.8) is 0 Å². The summed E-state index contributed by atoms with van der Waals surface area (Å²) < 4.78 is 0. The number of halogens is 2. The lowest BCUT2D eigenvalue weighted by atomic mass is 9.98. The second-order valence-electron chi connectivity index (χ2n) is 5.99. The van der Waals surface area contributed by atoms with E-state index in [0.717, 1.165) is 38.0 Å². The maximum atomic E-state index is 12.2. The molecule has 1 saturated carbocycles. The van der Waals surface area contributed by atoms with Gasteiger partial charge in [-0.05, 0) is 25.0 Å². The quantitative estimate of drug-likeness (QED) is 0.733. The third-order valence-corrected chi connectivity index (χ3v) is 4.32. The Morgan fingerprint density at radius 1 is 1.29 bits per heavy atom. The molecule has 2 aliphatic rings. The van der Waals surface area contributed by atoms with E-state index >= 15 is 0 Å². The number of nitrogens with one attached hydrogen (secondary N) is 2. The molecule has 0 aromatic carbocycles. The van der Waals surface area contributed by atoms with E-state index in [0.29, 0.717) is 18.8 Å². The second-order valence-corrected chi connectivity index (χ2v) is 5.99. The van der Waals surface area contributed by atoms with Gasteiger partial charge in [0.05, 0.1) is 24.0 Å². The molecule has 1 aliphatic carbocycles. The molecule has 9 heteroatoms. The van der Waals surface area contributed by atoms with Gasteiger partial charge in [-0.15, -0.1) is 24.8 Å². The highest BCUT2D eigenvalue weighted by atomic mass is 35.5. The van der Waals surface area contributed by atoms with Gasteiger partial charge in [0.15, 0.2) is 0 Å². The van der Waals surface area contributed by atoms with Gasteiger partial charge in [0.25, 0.3) is 0 Å². The summed E-state index contributed by atoms with van der Waals surface area (Å²) in [5.41, 5.74) is 6.01. The van der Waals surface area contributed by atoms with Crippen molar-refractivity contribution in [1.29, 1.82) is 0 Å². The first-order chi connectivity index (χ1) is 10.6. The predicted octanol–water partition coefficient (Wildman–Crippen LogP) is 1.07. The number of pyridine rings is 1. The van der Waals surface area contributed by atoms with Gasteiger partial charge in [0.1, 0.15) is 5.82 Å². The van der Waals surface area contributed by atoms with Gasteiger partial charge >= 0.3 is 0 Å². The van der Waals surface area contributed by atoms with Crippen LogP contribution in [-0.4, -0.2) is 42.0 Å². The van der Waals surface area contributed by atoms with Gasteiger partial charge < -0.3 is 21.3 Å². The number of piperazine rings is 1. The zero-order chi connectivity index (χ0) is 15.6. The molecule has 1 aromatic rings. The Morgan fingerprint density at radius 3 is 2.58 bits per heavy atom. The maximum absolute atomic E-state index is 12.2. The van der Waals surface area contributed by atoms with E-state index in [9.17, 15) is 9.59 Å². The molecule has 2 heterocycles. The molecular weight excluding hydrogens is 353 g/mol. The highest BCUT2D eigenvalue weighted by molar-refractivity contribution is 5.98. The Hall–Kier alpha value is -1.57. The molecule has 134 valence electrons. The van der Waals surface area contributed by atoms with Gasteiger partial charge in [-0.2, -0.15) is 0 Å². The Kier molecular flexibility index (Phi) is 7.26. The van der Waals surface area contributed by atoms with E-state index in [1.807, 2.05) is 11.0 Å². The van der Waals surface area contributed by atoms with Crippen molar-refractivity contribution < 1.29 is 9.59 Å². The number of hydrogen-bond acceptors (Lipinski definition) is 5. The summed E-state index contributed by atoms with van der Waals surface area (Å²) in [4.78, 5) is 29.9. The zero-order valence-electron chi connectivity index (χ0n) is 13.3. The molecule has 4 N–H and O–H groups in total. The van der Waals surface area contributed by atoms with Gasteiger partial charge in [0, 0.05) is 13.1 Å². The van der Waals surface area contributed by atoms with Crippen LogP contribution >= 0.6 is 24.8 Å². The van der Waals surface area contributed by atoms with Crippen molar-refractivity contribution >= 4 is 48.1 Å². The number of rotatable bonds is 3. The molecule has 2 amide bonds. The van der Waals surface area contributed by atoms with Crippen LogP contribution < -0.4 is 21.3 Å². The Labute approximate surface area is 153 Å². The Bertz CT molecular complexity index is 576. The first-order valence-electron chi connectivity index (χ1n) is 7.65. The maximum Gasteiger partial charge on any atom is 0.244 e. The minimum absolute atomic E-state index is 0. The van der Waals surface area contributed by atoms with E-state index < -0.39 is 5.54 Å². The van der Waals surface area contributed by atoms with Crippen molar-refractivity contribution in [1.82, 2.24) is 10.3 Å². The molecule has 1 saturated heterocycles. The monoisotopic (exact) mass is 375 g/mol. The van der Waals surface area contributed by atoms with Crippen molar-refractivity contribution in [2.75, 3.05) is 29.9 Å². The summed E-state index contributed by atoms with van der Waals surface area (Å²) in [5.74, 6) is 0.588. The lowest BCUT2D eigenvalue weighted by molar-refractivity contribution is -0.121. The summed E-state index contributed by atoms with van der Waals surface area (Å²) >= 11 is 0. The molecule has 0 atom stereocenters. The van der Waals surface area contributed by atoms with Gasteiger partial charge in [-0.3, -0.25) is 9.59 Å². The highest BCUT2D eigenvalue weighted by Crippen LogP contribution is 2.28. The minimum Gasteiger partial charge on any atom is -0.353 e. The van der Waals surface area contributed by atoms with Crippen LogP contribution in [-0.2, 0) is 9.59 Å². The lowest BCUT2D eigenvalue weighted by Crippen LogP contribution is -2.48. The van der Waals surface area contributed by atoms with Crippen LogP contribution in [0.5, 0.6) is 0 Å². The summed E-state index contributed by atoms with van der Waals surface area (Å²) in [6, 6.07) is 3.61.